The van der Waals surface area contributed by atoms with Crippen LogP contribution in [-0.2, 0) is 6.54 Å². The Kier molecular flexibility index (Phi) is 4.78. The van der Waals surface area contributed by atoms with Gasteiger partial charge in [0, 0.05) is 49.8 Å². The van der Waals surface area contributed by atoms with Crippen LogP contribution in [0.2, 0.25) is 0 Å². The van der Waals surface area contributed by atoms with Gasteiger partial charge in [0.15, 0.2) is 5.78 Å². The summed E-state index contributed by atoms with van der Waals surface area (Å²) in [5.41, 5.74) is 4.70. The number of aromatic nitrogens is 1. The molecule has 0 atom stereocenters. The molecule has 2 aromatic rings. The number of aryl methyl sites for hydroxylation is 2. The Morgan fingerprint density at radius 3 is 2.35 bits per heavy atom. The van der Waals surface area contributed by atoms with E-state index in [1.807, 2.05) is 6.07 Å². The molecule has 122 valence electrons. The third-order valence-electron chi connectivity index (χ3n) is 4.21. The van der Waals surface area contributed by atoms with Crippen molar-refractivity contribution in [2.24, 2.45) is 0 Å². The van der Waals surface area contributed by atoms with Gasteiger partial charge in [0.05, 0.1) is 4.88 Å². The van der Waals surface area contributed by atoms with Gasteiger partial charge in [-0.25, -0.2) is 0 Å². The lowest BCUT2D eigenvalue weighted by atomic mass is 10.2. The summed E-state index contributed by atoms with van der Waals surface area (Å²) >= 11 is 1.55. The van der Waals surface area contributed by atoms with E-state index in [2.05, 4.69) is 46.1 Å². The summed E-state index contributed by atoms with van der Waals surface area (Å²) < 4.78 is 0. The minimum atomic E-state index is 0.162. The topological polar surface area (TPSA) is 36.4 Å². The first-order valence-corrected chi connectivity index (χ1v) is 8.90. The van der Waals surface area contributed by atoms with Crippen LogP contribution in [0, 0.1) is 13.8 Å². The van der Waals surface area contributed by atoms with Crippen LogP contribution in [0.1, 0.15) is 33.5 Å². The van der Waals surface area contributed by atoms with E-state index in [0.29, 0.717) is 0 Å². The zero-order valence-electron chi connectivity index (χ0n) is 14.0. The second-order valence-corrected chi connectivity index (χ2v) is 7.16. The van der Waals surface area contributed by atoms with Crippen LogP contribution in [0.5, 0.6) is 0 Å². The summed E-state index contributed by atoms with van der Waals surface area (Å²) in [6.07, 6.45) is 0. The Hall–Kier alpha value is -1.72. The zero-order chi connectivity index (χ0) is 16.4. The summed E-state index contributed by atoms with van der Waals surface area (Å²) in [5, 5.41) is 2.11. The average molecular weight is 329 g/mol. The number of anilines is 1. The van der Waals surface area contributed by atoms with Crippen molar-refractivity contribution < 1.29 is 4.79 Å². The molecule has 3 heterocycles. The summed E-state index contributed by atoms with van der Waals surface area (Å²) in [5.74, 6) is 0.162. The van der Waals surface area contributed by atoms with E-state index in [1.54, 1.807) is 18.3 Å². The van der Waals surface area contributed by atoms with E-state index in [0.717, 1.165) is 49.0 Å². The molecule has 1 fully saturated rings. The van der Waals surface area contributed by atoms with E-state index in [4.69, 9.17) is 0 Å². The molecule has 0 aliphatic carbocycles. The van der Waals surface area contributed by atoms with E-state index >= 15 is 0 Å². The monoisotopic (exact) mass is 329 g/mol. The third-order valence-corrected chi connectivity index (χ3v) is 5.29. The number of carbonyl (C=O) groups excluding carboxylic acids is 1. The van der Waals surface area contributed by atoms with Crippen LogP contribution in [0.25, 0.3) is 0 Å². The van der Waals surface area contributed by atoms with Gasteiger partial charge in [0.2, 0.25) is 0 Å². The first-order chi connectivity index (χ1) is 11.0. The summed E-state index contributed by atoms with van der Waals surface area (Å²) in [4.78, 5) is 21.6. The highest BCUT2D eigenvalue weighted by molar-refractivity contribution is 7.12. The van der Waals surface area contributed by atoms with Gasteiger partial charge >= 0.3 is 0 Å². The molecular formula is C18H23N3OS. The van der Waals surface area contributed by atoms with Gasteiger partial charge in [-0.05, 0) is 49.9 Å². The Balaban J connectivity index is 1.58. The van der Waals surface area contributed by atoms with Gasteiger partial charge < -0.3 is 4.90 Å². The van der Waals surface area contributed by atoms with Gasteiger partial charge in [-0.2, -0.15) is 0 Å². The van der Waals surface area contributed by atoms with Gasteiger partial charge in [0.1, 0.15) is 0 Å². The van der Waals surface area contributed by atoms with Crippen molar-refractivity contribution in [3.8, 4) is 0 Å². The Labute approximate surface area is 141 Å². The van der Waals surface area contributed by atoms with E-state index < -0.39 is 0 Å². The number of Topliss-reactive ketones (excluding diaryl/α,β-unsaturated/α-hetero) is 1. The van der Waals surface area contributed by atoms with Crippen molar-refractivity contribution in [2.75, 3.05) is 31.1 Å². The molecule has 0 spiro atoms. The molecule has 0 unspecified atom stereocenters. The van der Waals surface area contributed by atoms with Crippen molar-refractivity contribution in [3.63, 3.8) is 0 Å². The van der Waals surface area contributed by atoms with Crippen molar-refractivity contribution in [2.45, 2.75) is 27.3 Å². The number of nitrogens with zero attached hydrogens (tertiary/aromatic N) is 3. The number of piperazine rings is 1. The normalized spacial score (nSPS) is 15.9. The fraction of sp³-hybridized carbons (Fsp3) is 0.444. The molecule has 0 amide bonds. The minimum absolute atomic E-state index is 0.162. The molecule has 0 saturated carbocycles. The number of carbonyl (C=O) groups is 1. The van der Waals surface area contributed by atoms with Gasteiger partial charge in [-0.15, -0.1) is 11.3 Å². The number of hydrogen-bond donors (Lipinski definition) is 0. The lowest BCUT2D eigenvalue weighted by Gasteiger charge is -2.36. The van der Waals surface area contributed by atoms with Crippen LogP contribution in [-0.4, -0.2) is 41.8 Å². The molecular weight excluding hydrogens is 306 g/mol. The maximum atomic E-state index is 11.4. The molecule has 0 aromatic carbocycles. The van der Waals surface area contributed by atoms with Crippen molar-refractivity contribution in [3.05, 3.63) is 45.4 Å². The van der Waals surface area contributed by atoms with Crippen LogP contribution in [0.15, 0.2) is 23.6 Å². The molecule has 5 heteroatoms. The summed E-state index contributed by atoms with van der Waals surface area (Å²) in [7, 11) is 0. The van der Waals surface area contributed by atoms with Crippen LogP contribution < -0.4 is 4.90 Å². The van der Waals surface area contributed by atoms with Gasteiger partial charge in [-0.3, -0.25) is 14.7 Å². The first kappa shape index (κ1) is 16.1. The molecule has 23 heavy (non-hydrogen) atoms. The Morgan fingerprint density at radius 1 is 1.13 bits per heavy atom. The lowest BCUT2D eigenvalue weighted by Crippen LogP contribution is -2.46. The van der Waals surface area contributed by atoms with Crippen LogP contribution in [0.3, 0.4) is 0 Å². The van der Waals surface area contributed by atoms with E-state index in [-0.39, 0.29) is 5.78 Å². The molecule has 2 aromatic heterocycles. The smallest absolute Gasteiger partial charge is 0.169 e. The SMILES string of the molecule is CC(=O)c1cc(CN2CCN(c3cc(C)nc(C)c3)CC2)cs1. The summed E-state index contributed by atoms with van der Waals surface area (Å²) in [6.45, 7) is 10.8. The molecule has 1 aliphatic rings. The van der Waals surface area contributed by atoms with E-state index in [1.165, 1.54) is 11.3 Å². The van der Waals surface area contributed by atoms with Gasteiger partial charge in [-0.1, -0.05) is 0 Å². The van der Waals surface area contributed by atoms with Crippen LogP contribution >= 0.6 is 11.3 Å². The van der Waals surface area contributed by atoms with Gasteiger partial charge in [0.25, 0.3) is 0 Å². The maximum absolute atomic E-state index is 11.4. The Bertz CT molecular complexity index is 682. The average Bonchev–Trinajstić information content (AvgIpc) is 2.96. The minimum Gasteiger partial charge on any atom is -0.369 e. The van der Waals surface area contributed by atoms with Crippen LogP contribution in [0.4, 0.5) is 5.69 Å². The lowest BCUT2D eigenvalue weighted by molar-refractivity contribution is 0.102. The largest absolute Gasteiger partial charge is 0.369 e. The third kappa shape index (κ3) is 3.98. The summed E-state index contributed by atoms with van der Waals surface area (Å²) in [6, 6.07) is 6.37. The van der Waals surface area contributed by atoms with E-state index in [9.17, 15) is 4.79 Å². The molecule has 3 rings (SSSR count). The second-order valence-electron chi connectivity index (χ2n) is 6.25. The molecule has 4 nitrogen and oxygen atoms in total. The zero-order valence-corrected chi connectivity index (χ0v) is 14.8. The number of pyridine rings is 1. The molecule has 1 saturated heterocycles. The molecule has 0 N–H and O–H groups in total. The number of hydrogen-bond acceptors (Lipinski definition) is 5. The highest BCUT2D eigenvalue weighted by atomic mass is 32.1. The number of rotatable bonds is 4. The van der Waals surface area contributed by atoms with Crippen molar-refractivity contribution >= 4 is 22.8 Å². The highest BCUT2D eigenvalue weighted by Crippen LogP contribution is 2.21. The predicted molar refractivity (Wildman–Crippen MR) is 95.5 cm³/mol. The predicted octanol–water partition coefficient (Wildman–Crippen LogP) is 3.28. The Morgan fingerprint density at radius 2 is 1.78 bits per heavy atom. The molecule has 0 bridgehead atoms. The maximum Gasteiger partial charge on any atom is 0.169 e. The molecule has 1 aliphatic heterocycles. The van der Waals surface area contributed by atoms with Crippen molar-refractivity contribution in [1.82, 2.24) is 9.88 Å². The fourth-order valence-corrected chi connectivity index (χ4v) is 3.87. The number of ketones is 1. The number of thiophene rings is 1. The fourth-order valence-electron chi connectivity index (χ4n) is 3.06. The highest BCUT2D eigenvalue weighted by Gasteiger charge is 2.18. The van der Waals surface area contributed by atoms with Crippen molar-refractivity contribution in [1.29, 1.82) is 0 Å². The quantitative estimate of drug-likeness (QED) is 0.807. The second kappa shape index (κ2) is 6.81. The molecule has 0 radical (unpaired) electrons. The standard InChI is InChI=1S/C18H23N3OS/c1-13-8-17(9-14(2)19-13)21-6-4-20(5-7-21)11-16-10-18(15(3)22)23-12-16/h8-10,12H,4-7,11H2,1-3H3. The first-order valence-electron chi connectivity index (χ1n) is 8.02.